The van der Waals surface area contributed by atoms with Crippen molar-refractivity contribution in [3.63, 3.8) is 0 Å². The maximum absolute atomic E-state index is 11.7. The third-order valence-corrected chi connectivity index (χ3v) is 3.93. The minimum Gasteiger partial charge on any atom is -0.452 e. The lowest BCUT2D eigenvalue weighted by molar-refractivity contribution is -0.123. The number of carbonyl (C=O) groups excluding carboxylic acids is 3. The van der Waals surface area contributed by atoms with Crippen molar-refractivity contribution in [3.8, 4) is 0 Å². The summed E-state index contributed by atoms with van der Waals surface area (Å²) in [5.41, 5.74) is 0.360. The van der Waals surface area contributed by atoms with Crippen molar-refractivity contribution in [2.45, 2.75) is 0 Å². The molecule has 1 aromatic heterocycles. The average molecular weight is 415 g/mol. The summed E-state index contributed by atoms with van der Waals surface area (Å²) < 4.78 is 5.75. The van der Waals surface area contributed by atoms with Crippen molar-refractivity contribution in [2.75, 3.05) is 6.61 Å². The third kappa shape index (κ3) is 4.64. The van der Waals surface area contributed by atoms with Crippen LogP contribution in [0.1, 0.15) is 20.0 Å². The van der Waals surface area contributed by atoms with Crippen LogP contribution in [-0.4, -0.2) is 24.4 Å². The lowest BCUT2D eigenvalue weighted by atomic mass is 10.2. The maximum Gasteiger partial charge on any atom is 0.338 e. The Hall–Kier alpha value is -1.74. The minimum atomic E-state index is -0.660. The van der Waals surface area contributed by atoms with Gasteiger partial charge in [-0.25, -0.2) is 4.79 Å². The summed E-state index contributed by atoms with van der Waals surface area (Å²) in [6.45, 7) is -0.499. The van der Waals surface area contributed by atoms with E-state index in [1.54, 1.807) is 35.7 Å². The second-order valence-corrected chi connectivity index (χ2v) is 6.13. The fourth-order valence-electron chi connectivity index (χ4n) is 1.46. The number of imide groups is 1. The van der Waals surface area contributed by atoms with E-state index >= 15 is 0 Å². The quantitative estimate of drug-likeness (QED) is 0.615. The van der Waals surface area contributed by atoms with Crippen LogP contribution in [0.25, 0.3) is 0 Å². The van der Waals surface area contributed by atoms with Gasteiger partial charge in [0.1, 0.15) is 0 Å². The molecule has 2 aromatic rings. The van der Waals surface area contributed by atoms with E-state index in [1.807, 2.05) is 6.07 Å². The zero-order chi connectivity index (χ0) is 15.2. The molecule has 0 fully saturated rings. The first kappa shape index (κ1) is 15.6. The summed E-state index contributed by atoms with van der Waals surface area (Å²) >= 11 is 3.29. The Balaban J connectivity index is 1.84. The monoisotopic (exact) mass is 415 g/mol. The lowest BCUT2D eigenvalue weighted by Crippen LogP contribution is -2.33. The summed E-state index contributed by atoms with van der Waals surface area (Å²) in [5.74, 6) is -1.76. The first-order chi connectivity index (χ1) is 10.1. The van der Waals surface area contributed by atoms with Crippen LogP contribution in [0.3, 0.4) is 0 Å². The van der Waals surface area contributed by atoms with Gasteiger partial charge in [0.25, 0.3) is 11.8 Å². The summed E-state index contributed by atoms with van der Waals surface area (Å²) in [5, 5.41) is 3.89. The molecule has 0 saturated heterocycles. The molecule has 2 amide bonds. The molecule has 7 heteroatoms. The summed E-state index contributed by atoms with van der Waals surface area (Å²) in [4.78, 5) is 35.3. The van der Waals surface area contributed by atoms with Gasteiger partial charge in [0.05, 0.1) is 10.4 Å². The first-order valence-electron chi connectivity index (χ1n) is 5.86. The molecule has 0 bridgehead atoms. The Morgan fingerprint density at radius 2 is 2.00 bits per heavy atom. The first-order valence-corrected chi connectivity index (χ1v) is 7.82. The number of nitrogens with one attached hydrogen (secondary N) is 1. The second kappa shape index (κ2) is 7.32. The fourth-order valence-corrected chi connectivity index (χ4v) is 2.62. The molecule has 0 aliphatic heterocycles. The standard InChI is InChI=1S/C14H10INO4S/c15-10-4-1-3-9(7-10)14(19)20-8-12(17)16-13(18)11-5-2-6-21-11/h1-7H,8H2,(H,16,17,18). The molecular formula is C14H10INO4S. The molecule has 0 spiro atoms. The van der Waals surface area contributed by atoms with Gasteiger partial charge in [0.2, 0.25) is 0 Å². The largest absolute Gasteiger partial charge is 0.452 e. The smallest absolute Gasteiger partial charge is 0.338 e. The number of amides is 2. The highest BCUT2D eigenvalue weighted by molar-refractivity contribution is 14.1. The number of hydrogen-bond donors (Lipinski definition) is 1. The zero-order valence-corrected chi connectivity index (χ0v) is 13.6. The Labute approximate surface area is 138 Å². The minimum absolute atomic E-state index is 0.360. The lowest BCUT2D eigenvalue weighted by Gasteiger charge is -2.05. The number of hydrogen-bond acceptors (Lipinski definition) is 5. The Morgan fingerprint density at radius 3 is 2.67 bits per heavy atom. The van der Waals surface area contributed by atoms with E-state index in [1.165, 1.54) is 11.3 Å². The molecule has 0 atom stereocenters. The zero-order valence-electron chi connectivity index (χ0n) is 10.7. The number of rotatable bonds is 4. The van der Waals surface area contributed by atoms with Crippen LogP contribution in [-0.2, 0) is 9.53 Å². The molecule has 0 aliphatic rings. The Morgan fingerprint density at radius 1 is 1.19 bits per heavy atom. The van der Waals surface area contributed by atoms with Crippen LogP contribution in [0.2, 0.25) is 0 Å². The van der Waals surface area contributed by atoms with E-state index in [9.17, 15) is 14.4 Å². The maximum atomic E-state index is 11.7. The van der Waals surface area contributed by atoms with E-state index < -0.39 is 24.4 Å². The fraction of sp³-hybridized carbons (Fsp3) is 0.0714. The third-order valence-electron chi connectivity index (χ3n) is 2.39. The molecule has 1 heterocycles. The van der Waals surface area contributed by atoms with E-state index in [2.05, 4.69) is 27.9 Å². The molecule has 0 aliphatic carbocycles. The summed E-state index contributed by atoms with van der Waals surface area (Å²) in [6.07, 6.45) is 0. The van der Waals surface area contributed by atoms with Crippen molar-refractivity contribution in [1.82, 2.24) is 5.32 Å². The predicted molar refractivity (Wildman–Crippen MR) is 86.2 cm³/mol. The van der Waals surface area contributed by atoms with Crippen molar-refractivity contribution in [1.29, 1.82) is 0 Å². The molecule has 21 heavy (non-hydrogen) atoms. The molecule has 0 unspecified atom stereocenters. The number of benzene rings is 1. The Kier molecular flexibility index (Phi) is 5.45. The van der Waals surface area contributed by atoms with Gasteiger partial charge in [0, 0.05) is 3.57 Å². The predicted octanol–water partition coefficient (Wildman–Crippen LogP) is 2.47. The van der Waals surface area contributed by atoms with Gasteiger partial charge in [-0.3, -0.25) is 14.9 Å². The van der Waals surface area contributed by atoms with E-state index in [4.69, 9.17) is 4.74 Å². The van der Waals surface area contributed by atoms with Gasteiger partial charge in [0.15, 0.2) is 6.61 Å². The highest BCUT2D eigenvalue weighted by Gasteiger charge is 2.14. The van der Waals surface area contributed by atoms with Gasteiger partial charge >= 0.3 is 5.97 Å². The van der Waals surface area contributed by atoms with Gasteiger partial charge in [-0.1, -0.05) is 12.1 Å². The highest BCUT2D eigenvalue weighted by Crippen LogP contribution is 2.09. The van der Waals surface area contributed by atoms with Crippen LogP contribution in [0.5, 0.6) is 0 Å². The number of halogens is 1. The van der Waals surface area contributed by atoms with Crippen molar-refractivity contribution in [2.24, 2.45) is 0 Å². The number of carbonyl (C=O) groups is 3. The molecule has 0 radical (unpaired) electrons. The van der Waals surface area contributed by atoms with Gasteiger partial charge < -0.3 is 4.74 Å². The number of esters is 1. The molecule has 2 rings (SSSR count). The molecular weight excluding hydrogens is 405 g/mol. The van der Waals surface area contributed by atoms with E-state index in [0.29, 0.717) is 10.4 Å². The van der Waals surface area contributed by atoms with Gasteiger partial charge in [-0.15, -0.1) is 11.3 Å². The van der Waals surface area contributed by atoms with Crippen LogP contribution in [0, 0.1) is 3.57 Å². The topological polar surface area (TPSA) is 72.5 Å². The van der Waals surface area contributed by atoms with Crippen molar-refractivity contribution in [3.05, 3.63) is 55.8 Å². The van der Waals surface area contributed by atoms with Crippen molar-refractivity contribution >= 4 is 51.7 Å². The summed E-state index contributed by atoms with van der Waals surface area (Å²) in [7, 11) is 0. The van der Waals surface area contributed by atoms with Crippen LogP contribution >= 0.6 is 33.9 Å². The van der Waals surface area contributed by atoms with E-state index in [-0.39, 0.29) is 0 Å². The molecule has 0 saturated carbocycles. The van der Waals surface area contributed by atoms with Crippen LogP contribution in [0.15, 0.2) is 41.8 Å². The normalized spacial score (nSPS) is 9.95. The van der Waals surface area contributed by atoms with Gasteiger partial charge in [-0.05, 0) is 52.2 Å². The van der Waals surface area contributed by atoms with Crippen LogP contribution < -0.4 is 5.32 Å². The number of thiophene rings is 1. The molecule has 108 valence electrons. The second-order valence-electron chi connectivity index (χ2n) is 3.94. The Bertz CT molecular complexity index is 669. The molecule has 5 nitrogen and oxygen atoms in total. The number of ether oxygens (including phenoxy) is 1. The molecule has 1 aromatic carbocycles. The van der Waals surface area contributed by atoms with E-state index in [0.717, 1.165) is 3.57 Å². The van der Waals surface area contributed by atoms with Crippen molar-refractivity contribution < 1.29 is 19.1 Å². The van der Waals surface area contributed by atoms with Crippen LogP contribution in [0.4, 0.5) is 0 Å². The summed E-state index contributed by atoms with van der Waals surface area (Å²) in [6, 6.07) is 10.1. The SMILES string of the molecule is O=C(COC(=O)c1cccc(I)c1)NC(=O)c1cccs1. The highest BCUT2D eigenvalue weighted by atomic mass is 127. The van der Waals surface area contributed by atoms with Gasteiger partial charge in [-0.2, -0.15) is 0 Å². The average Bonchev–Trinajstić information content (AvgIpc) is 2.99. The molecule has 1 N–H and O–H groups in total.